The Kier molecular flexibility index (Phi) is 4.72. The molecule has 1 unspecified atom stereocenters. The predicted molar refractivity (Wildman–Crippen MR) is 86.3 cm³/mol. The van der Waals surface area contributed by atoms with Crippen molar-refractivity contribution in [3.63, 3.8) is 0 Å². The minimum Gasteiger partial charge on any atom is -0.467 e. The Balaban J connectivity index is 1.68. The first-order valence-electron chi connectivity index (χ1n) is 7.79. The minimum atomic E-state index is -3.31. The van der Waals surface area contributed by atoms with Crippen LogP contribution in [0.1, 0.15) is 30.8 Å². The number of amides is 1. The van der Waals surface area contributed by atoms with Crippen molar-refractivity contribution < 1.29 is 17.6 Å². The Morgan fingerprint density at radius 1 is 1.46 bits per heavy atom. The highest BCUT2D eigenvalue weighted by Gasteiger charge is 2.32. The number of carbonyl (C=O) groups is 1. The Morgan fingerprint density at radius 2 is 2.29 bits per heavy atom. The minimum absolute atomic E-state index is 0.0402. The third kappa shape index (κ3) is 3.51. The maximum atomic E-state index is 12.2. The summed E-state index contributed by atoms with van der Waals surface area (Å²) in [6, 6.07) is 5.00. The molecule has 8 nitrogen and oxygen atoms in total. The summed E-state index contributed by atoms with van der Waals surface area (Å²) in [5.74, 6) is 0.536. The Hall–Kier alpha value is -2.13. The third-order valence-electron chi connectivity index (χ3n) is 4.07. The van der Waals surface area contributed by atoms with Gasteiger partial charge >= 0.3 is 0 Å². The highest BCUT2D eigenvalue weighted by Crippen LogP contribution is 2.25. The molecule has 1 aliphatic rings. The summed E-state index contributed by atoms with van der Waals surface area (Å²) in [6.45, 7) is 2.47. The highest BCUT2D eigenvalue weighted by atomic mass is 32.2. The molecule has 1 amide bonds. The predicted octanol–water partition coefficient (Wildman–Crippen LogP) is 0.889. The lowest BCUT2D eigenvalue weighted by molar-refractivity contribution is -0.122. The normalized spacial score (nSPS) is 18.3. The van der Waals surface area contributed by atoms with E-state index in [9.17, 15) is 13.2 Å². The second-order valence-electron chi connectivity index (χ2n) is 5.67. The second kappa shape index (κ2) is 6.78. The average Bonchev–Trinajstić information content (AvgIpc) is 3.24. The van der Waals surface area contributed by atoms with E-state index in [-0.39, 0.29) is 30.7 Å². The lowest BCUT2D eigenvalue weighted by Gasteiger charge is -2.32. The molecular weight excluding hydrogens is 332 g/mol. The molecule has 3 rings (SSSR count). The fourth-order valence-corrected chi connectivity index (χ4v) is 3.88. The molecule has 130 valence electrons. The first-order valence-corrected chi connectivity index (χ1v) is 9.40. The molecule has 0 fully saturated rings. The molecule has 2 aromatic heterocycles. The van der Waals surface area contributed by atoms with Gasteiger partial charge in [0.1, 0.15) is 5.76 Å². The van der Waals surface area contributed by atoms with Gasteiger partial charge in [0.2, 0.25) is 15.9 Å². The van der Waals surface area contributed by atoms with Gasteiger partial charge in [-0.2, -0.15) is 9.40 Å². The van der Waals surface area contributed by atoms with Gasteiger partial charge in [-0.1, -0.05) is 0 Å². The van der Waals surface area contributed by atoms with Crippen LogP contribution < -0.4 is 5.32 Å². The molecule has 1 N–H and O–H groups in total. The van der Waals surface area contributed by atoms with Crippen molar-refractivity contribution >= 4 is 15.9 Å². The van der Waals surface area contributed by atoms with Crippen molar-refractivity contribution in [1.29, 1.82) is 0 Å². The van der Waals surface area contributed by atoms with Gasteiger partial charge in [-0.15, -0.1) is 0 Å². The van der Waals surface area contributed by atoms with Crippen LogP contribution in [-0.4, -0.2) is 40.7 Å². The quantitative estimate of drug-likeness (QED) is 0.833. The maximum absolute atomic E-state index is 12.2. The lowest BCUT2D eigenvalue weighted by atomic mass is 10.1. The highest BCUT2D eigenvalue weighted by molar-refractivity contribution is 7.89. The van der Waals surface area contributed by atoms with Gasteiger partial charge < -0.3 is 9.73 Å². The Morgan fingerprint density at radius 3 is 3.00 bits per heavy atom. The van der Waals surface area contributed by atoms with Crippen LogP contribution in [0.5, 0.6) is 0 Å². The van der Waals surface area contributed by atoms with Crippen LogP contribution in [0.15, 0.2) is 35.1 Å². The van der Waals surface area contributed by atoms with Crippen LogP contribution in [0.25, 0.3) is 0 Å². The van der Waals surface area contributed by atoms with Crippen LogP contribution in [0, 0.1) is 0 Å². The van der Waals surface area contributed by atoms with E-state index >= 15 is 0 Å². The number of carbonyl (C=O) groups excluding carboxylic acids is 1. The zero-order valence-electron chi connectivity index (χ0n) is 13.4. The van der Waals surface area contributed by atoms with E-state index in [1.807, 2.05) is 0 Å². The standard InChI is InChI=1S/C15H20N4O4S/c1-2-24(21,22)18-10-12-5-6-17-19(12)13(11-18)8-15(20)16-9-14-4-3-7-23-14/h3-7,13H,2,8-11H2,1H3,(H,16,20). The van der Waals surface area contributed by atoms with Crippen LogP contribution in [-0.2, 0) is 27.9 Å². The topological polar surface area (TPSA) is 97.4 Å². The van der Waals surface area contributed by atoms with Gasteiger partial charge in [0.05, 0.1) is 43.3 Å². The molecule has 1 aliphatic heterocycles. The number of furan rings is 1. The van der Waals surface area contributed by atoms with Crippen molar-refractivity contribution in [2.24, 2.45) is 0 Å². The molecule has 1 atom stereocenters. The molecule has 2 aromatic rings. The largest absolute Gasteiger partial charge is 0.467 e. The first kappa shape index (κ1) is 16.7. The number of aromatic nitrogens is 2. The number of sulfonamides is 1. The van der Waals surface area contributed by atoms with Gasteiger partial charge in [-0.05, 0) is 25.1 Å². The molecular formula is C15H20N4O4S. The van der Waals surface area contributed by atoms with E-state index in [4.69, 9.17) is 4.42 Å². The molecule has 0 aliphatic carbocycles. The summed E-state index contributed by atoms with van der Waals surface area (Å²) in [7, 11) is -3.31. The number of nitrogens with one attached hydrogen (secondary N) is 1. The Labute approximate surface area is 140 Å². The van der Waals surface area contributed by atoms with Crippen molar-refractivity contribution in [2.75, 3.05) is 12.3 Å². The van der Waals surface area contributed by atoms with E-state index in [0.717, 1.165) is 5.69 Å². The second-order valence-corrected chi connectivity index (χ2v) is 7.93. The van der Waals surface area contributed by atoms with Crippen molar-refractivity contribution in [2.45, 2.75) is 32.5 Å². The summed E-state index contributed by atoms with van der Waals surface area (Å²) >= 11 is 0. The zero-order valence-corrected chi connectivity index (χ0v) is 14.2. The van der Waals surface area contributed by atoms with E-state index in [0.29, 0.717) is 18.8 Å². The van der Waals surface area contributed by atoms with Crippen LogP contribution >= 0.6 is 0 Å². The van der Waals surface area contributed by atoms with Crippen LogP contribution in [0.2, 0.25) is 0 Å². The first-order chi connectivity index (χ1) is 11.5. The molecule has 0 spiro atoms. The fraction of sp³-hybridized carbons (Fsp3) is 0.467. The van der Waals surface area contributed by atoms with Crippen LogP contribution in [0.3, 0.4) is 0 Å². The van der Waals surface area contributed by atoms with Gasteiger partial charge in [-0.25, -0.2) is 8.42 Å². The molecule has 0 saturated carbocycles. The summed E-state index contributed by atoms with van der Waals surface area (Å²) in [4.78, 5) is 12.2. The summed E-state index contributed by atoms with van der Waals surface area (Å²) in [6.07, 6.45) is 3.34. The SMILES string of the molecule is CCS(=O)(=O)N1Cc2ccnn2C(CC(=O)NCc2ccco2)C1. The monoisotopic (exact) mass is 352 g/mol. The van der Waals surface area contributed by atoms with Gasteiger partial charge in [-0.3, -0.25) is 9.48 Å². The van der Waals surface area contributed by atoms with E-state index < -0.39 is 10.0 Å². The summed E-state index contributed by atoms with van der Waals surface area (Å²) in [5.41, 5.74) is 0.794. The molecule has 0 saturated heterocycles. The molecule has 0 bridgehead atoms. The van der Waals surface area contributed by atoms with E-state index in [1.165, 1.54) is 4.31 Å². The number of hydrogen-bond donors (Lipinski definition) is 1. The fourth-order valence-electron chi connectivity index (χ4n) is 2.78. The third-order valence-corrected chi connectivity index (χ3v) is 5.86. The number of hydrogen-bond acceptors (Lipinski definition) is 5. The van der Waals surface area contributed by atoms with Crippen molar-refractivity contribution in [3.05, 3.63) is 42.1 Å². The van der Waals surface area contributed by atoms with Crippen LogP contribution in [0.4, 0.5) is 0 Å². The zero-order chi connectivity index (χ0) is 17.2. The number of fused-ring (bicyclic) bond motifs is 1. The van der Waals surface area contributed by atoms with Crippen molar-refractivity contribution in [3.8, 4) is 0 Å². The Bertz CT molecular complexity index is 797. The average molecular weight is 352 g/mol. The number of nitrogens with zero attached hydrogens (tertiary/aromatic N) is 3. The molecule has 0 aromatic carbocycles. The molecule has 9 heteroatoms. The van der Waals surface area contributed by atoms with Gasteiger partial charge in [0, 0.05) is 12.7 Å². The summed E-state index contributed by atoms with van der Waals surface area (Å²) < 4.78 is 32.7. The van der Waals surface area contributed by atoms with Crippen molar-refractivity contribution in [1.82, 2.24) is 19.4 Å². The molecule has 3 heterocycles. The molecule has 0 radical (unpaired) electrons. The molecule has 24 heavy (non-hydrogen) atoms. The van der Waals surface area contributed by atoms with E-state index in [2.05, 4.69) is 10.4 Å². The van der Waals surface area contributed by atoms with Gasteiger partial charge in [0.15, 0.2) is 0 Å². The summed E-state index contributed by atoms with van der Waals surface area (Å²) in [5, 5.41) is 7.02. The maximum Gasteiger partial charge on any atom is 0.222 e. The lowest BCUT2D eigenvalue weighted by Crippen LogP contribution is -2.43. The van der Waals surface area contributed by atoms with Gasteiger partial charge in [0.25, 0.3) is 0 Å². The smallest absolute Gasteiger partial charge is 0.222 e. The number of rotatable bonds is 6. The van der Waals surface area contributed by atoms with E-state index in [1.54, 1.807) is 42.3 Å².